The van der Waals surface area contributed by atoms with Gasteiger partial charge in [0.15, 0.2) is 0 Å². The Balaban J connectivity index is 1.93. The Morgan fingerprint density at radius 2 is 1.70 bits per heavy atom. The summed E-state index contributed by atoms with van der Waals surface area (Å²) in [5.41, 5.74) is 7.82. The first-order chi connectivity index (χ1) is 9.40. The number of nitrogens with one attached hydrogen (secondary N) is 1. The maximum atomic E-state index is 12.7. The SMILES string of the molecule is Cc1ccc(N)c(C)c1S(=O)(=O)NC(C1CC1)C1CC1. The predicted octanol–water partition coefficient (Wildman–Crippen LogP) is 2.35. The van der Waals surface area contributed by atoms with Crippen LogP contribution in [0.5, 0.6) is 0 Å². The monoisotopic (exact) mass is 294 g/mol. The average Bonchev–Trinajstić information content (AvgIpc) is 3.25. The summed E-state index contributed by atoms with van der Waals surface area (Å²) < 4.78 is 28.4. The molecule has 0 bridgehead atoms. The van der Waals surface area contributed by atoms with Gasteiger partial charge in [0.1, 0.15) is 0 Å². The van der Waals surface area contributed by atoms with Gasteiger partial charge in [-0.25, -0.2) is 13.1 Å². The molecule has 0 radical (unpaired) electrons. The lowest BCUT2D eigenvalue weighted by Crippen LogP contribution is -2.38. The maximum Gasteiger partial charge on any atom is 0.241 e. The summed E-state index contributed by atoms with van der Waals surface area (Å²) in [5.74, 6) is 1.08. The van der Waals surface area contributed by atoms with Crippen LogP contribution in [0.2, 0.25) is 0 Å². The first-order valence-corrected chi connectivity index (χ1v) is 8.76. The molecule has 5 heteroatoms. The molecule has 0 amide bonds. The van der Waals surface area contributed by atoms with Crippen LogP contribution in [0.15, 0.2) is 17.0 Å². The van der Waals surface area contributed by atoms with Gasteiger partial charge in [0.2, 0.25) is 10.0 Å². The van der Waals surface area contributed by atoms with Gasteiger partial charge in [-0.1, -0.05) is 6.07 Å². The highest BCUT2D eigenvalue weighted by molar-refractivity contribution is 7.89. The molecule has 3 rings (SSSR count). The van der Waals surface area contributed by atoms with Crippen molar-refractivity contribution >= 4 is 15.7 Å². The van der Waals surface area contributed by atoms with Gasteiger partial charge in [-0.3, -0.25) is 0 Å². The van der Waals surface area contributed by atoms with Crippen LogP contribution in [0.4, 0.5) is 5.69 Å². The summed E-state index contributed by atoms with van der Waals surface area (Å²) in [4.78, 5) is 0.365. The number of hydrogen-bond donors (Lipinski definition) is 2. The highest BCUT2D eigenvalue weighted by Crippen LogP contribution is 2.45. The van der Waals surface area contributed by atoms with E-state index >= 15 is 0 Å². The lowest BCUT2D eigenvalue weighted by atomic mass is 10.1. The van der Waals surface area contributed by atoms with Crippen molar-refractivity contribution in [2.24, 2.45) is 11.8 Å². The predicted molar refractivity (Wildman–Crippen MR) is 79.9 cm³/mol. The Labute approximate surface area is 120 Å². The van der Waals surface area contributed by atoms with E-state index < -0.39 is 10.0 Å². The summed E-state index contributed by atoms with van der Waals surface area (Å²) in [5, 5.41) is 0. The number of benzene rings is 1. The molecule has 2 aliphatic rings. The van der Waals surface area contributed by atoms with Crippen molar-refractivity contribution in [3.63, 3.8) is 0 Å². The van der Waals surface area contributed by atoms with E-state index in [2.05, 4.69) is 4.72 Å². The Morgan fingerprint density at radius 1 is 1.15 bits per heavy atom. The van der Waals surface area contributed by atoms with Crippen LogP contribution in [-0.4, -0.2) is 14.5 Å². The van der Waals surface area contributed by atoms with Crippen LogP contribution in [-0.2, 0) is 10.0 Å². The zero-order chi connectivity index (χ0) is 14.5. The molecule has 0 unspecified atom stereocenters. The minimum absolute atomic E-state index is 0.125. The van der Waals surface area contributed by atoms with Gasteiger partial charge in [0, 0.05) is 11.7 Å². The molecule has 20 heavy (non-hydrogen) atoms. The molecule has 0 aromatic heterocycles. The van der Waals surface area contributed by atoms with Crippen LogP contribution in [0, 0.1) is 25.7 Å². The molecule has 0 saturated heterocycles. The topological polar surface area (TPSA) is 72.2 Å². The molecule has 2 saturated carbocycles. The van der Waals surface area contributed by atoms with Crippen LogP contribution in [0.3, 0.4) is 0 Å². The Hall–Kier alpha value is -1.07. The van der Waals surface area contributed by atoms with E-state index in [4.69, 9.17) is 5.73 Å². The van der Waals surface area contributed by atoms with Gasteiger partial charge in [0.05, 0.1) is 4.90 Å². The second kappa shape index (κ2) is 4.74. The van der Waals surface area contributed by atoms with E-state index in [0.717, 1.165) is 31.2 Å². The Bertz CT molecular complexity index is 620. The van der Waals surface area contributed by atoms with Crippen molar-refractivity contribution in [2.45, 2.75) is 50.5 Å². The van der Waals surface area contributed by atoms with E-state index in [1.807, 2.05) is 6.92 Å². The number of nitrogens with two attached hydrogens (primary N) is 1. The normalized spacial score (nSPS) is 19.6. The molecular weight excluding hydrogens is 272 g/mol. The fourth-order valence-corrected chi connectivity index (χ4v) is 4.86. The number of aryl methyl sites for hydroxylation is 1. The van der Waals surface area contributed by atoms with Gasteiger partial charge in [-0.15, -0.1) is 0 Å². The van der Waals surface area contributed by atoms with Crippen molar-refractivity contribution in [1.82, 2.24) is 4.72 Å². The quantitative estimate of drug-likeness (QED) is 0.819. The first kappa shape index (κ1) is 13.9. The number of rotatable bonds is 5. The van der Waals surface area contributed by atoms with E-state index in [0.29, 0.717) is 28.0 Å². The summed E-state index contributed by atoms with van der Waals surface area (Å²) in [6.07, 6.45) is 4.61. The zero-order valence-corrected chi connectivity index (χ0v) is 12.8. The number of sulfonamides is 1. The highest BCUT2D eigenvalue weighted by atomic mass is 32.2. The molecule has 0 atom stereocenters. The van der Waals surface area contributed by atoms with Crippen molar-refractivity contribution < 1.29 is 8.42 Å². The average molecular weight is 294 g/mol. The van der Waals surface area contributed by atoms with E-state index in [1.54, 1.807) is 19.1 Å². The second-order valence-electron chi connectivity index (χ2n) is 6.25. The Kier molecular flexibility index (Phi) is 3.29. The largest absolute Gasteiger partial charge is 0.398 e. The van der Waals surface area contributed by atoms with Gasteiger partial charge in [-0.2, -0.15) is 0 Å². The van der Waals surface area contributed by atoms with Crippen molar-refractivity contribution in [3.8, 4) is 0 Å². The van der Waals surface area contributed by atoms with Crippen LogP contribution in [0.25, 0.3) is 0 Å². The lowest BCUT2D eigenvalue weighted by molar-refractivity contribution is 0.471. The molecule has 1 aromatic rings. The fraction of sp³-hybridized carbons (Fsp3) is 0.600. The van der Waals surface area contributed by atoms with Gasteiger partial charge < -0.3 is 5.73 Å². The zero-order valence-electron chi connectivity index (χ0n) is 12.0. The van der Waals surface area contributed by atoms with Gasteiger partial charge in [0.25, 0.3) is 0 Å². The third-order valence-electron chi connectivity index (χ3n) is 4.46. The van der Waals surface area contributed by atoms with Crippen molar-refractivity contribution in [3.05, 3.63) is 23.3 Å². The van der Waals surface area contributed by atoms with Crippen LogP contribution < -0.4 is 10.5 Å². The molecule has 4 nitrogen and oxygen atoms in total. The minimum atomic E-state index is -3.48. The standard InChI is InChI=1S/C15H22N2O2S/c1-9-3-8-13(16)10(2)15(9)20(18,19)17-14(11-4-5-11)12-6-7-12/h3,8,11-12,14,17H,4-7,16H2,1-2H3. The lowest BCUT2D eigenvalue weighted by Gasteiger charge is -2.20. The maximum absolute atomic E-state index is 12.7. The van der Waals surface area contributed by atoms with E-state index in [1.165, 1.54) is 0 Å². The third kappa shape index (κ3) is 2.56. The van der Waals surface area contributed by atoms with E-state index in [-0.39, 0.29) is 6.04 Å². The summed E-state index contributed by atoms with van der Waals surface area (Å²) in [6, 6.07) is 3.67. The highest BCUT2D eigenvalue weighted by Gasteiger charge is 2.43. The smallest absolute Gasteiger partial charge is 0.241 e. The third-order valence-corrected chi connectivity index (χ3v) is 6.21. The summed E-state index contributed by atoms with van der Waals surface area (Å²) in [6.45, 7) is 3.60. The van der Waals surface area contributed by atoms with Crippen molar-refractivity contribution in [1.29, 1.82) is 0 Å². The molecule has 1 aromatic carbocycles. The van der Waals surface area contributed by atoms with Crippen molar-refractivity contribution in [2.75, 3.05) is 5.73 Å². The molecule has 0 heterocycles. The van der Waals surface area contributed by atoms with E-state index in [9.17, 15) is 8.42 Å². The Morgan fingerprint density at radius 3 is 2.20 bits per heavy atom. The first-order valence-electron chi connectivity index (χ1n) is 7.28. The number of hydrogen-bond acceptors (Lipinski definition) is 3. The van der Waals surface area contributed by atoms with Crippen LogP contribution >= 0.6 is 0 Å². The molecule has 110 valence electrons. The fourth-order valence-electron chi connectivity index (χ4n) is 2.98. The number of anilines is 1. The van der Waals surface area contributed by atoms with Gasteiger partial charge in [-0.05, 0) is 68.6 Å². The summed E-state index contributed by atoms with van der Waals surface area (Å²) in [7, 11) is -3.48. The molecule has 3 N–H and O–H groups in total. The molecule has 0 aliphatic heterocycles. The summed E-state index contributed by atoms with van der Waals surface area (Å²) >= 11 is 0. The second-order valence-corrected chi connectivity index (χ2v) is 7.90. The minimum Gasteiger partial charge on any atom is -0.398 e. The molecule has 2 fully saturated rings. The molecule has 2 aliphatic carbocycles. The van der Waals surface area contributed by atoms with Gasteiger partial charge >= 0.3 is 0 Å². The number of nitrogen functional groups attached to an aromatic ring is 1. The van der Waals surface area contributed by atoms with Crippen LogP contribution in [0.1, 0.15) is 36.8 Å². The molecular formula is C15H22N2O2S. The molecule has 0 spiro atoms.